The number of rotatable bonds is 10. The number of carbonyl (C=O) groups is 2. The average Bonchev–Trinajstić information content (AvgIpc) is 3.07. The maximum Gasteiger partial charge on any atom is 0.313 e. The van der Waals surface area contributed by atoms with Crippen LogP contribution in [0.15, 0.2) is 5.16 Å². The summed E-state index contributed by atoms with van der Waals surface area (Å²) >= 11 is 1.40. The van der Waals surface area contributed by atoms with Gasteiger partial charge in [0.15, 0.2) is 5.16 Å². The summed E-state index contributed by atoms with van der Waals surface area (Å²) in [5.41, 5.74) is 0. The van der Waals surface area contributed by atoms with Gasteiger partial charge >= 0.3 is 5.97 Å². The van der Waals surface area contributed by atoms with Gasteiger partial charge in [-0.2, -0.15) is 0 Å². The Hall–Kier alpha value is -1.57. The van der Waals surface area contributed by atoms with Gasteiger partial charge in [-0.3, -0.25) is 9.59 Å². The molecule has 1 N–H and O–H groups in total. The highest BCUT2D eigenvalue weighted by Crippen LogP contribution is 2.32. The van der Waals surface area contributed by atoms with Gasteiger partial charge in [0.1, 0.15) is 12.2 Å². The van der Waals surface area contributed by atoms with Crippen LogP contribution < -0.4 is 5.32 Å². The molecule has 1 fully saturated rings. The molecule has 152 valence electrons. The van der Waals surface area contributed by atoms with E-state index < -0.39 is 0 Å². The highest BCUT2D eigenvalue weighted by atomic mass is 32.2. The molecule has 0 unspecified atom stereocenters. The number of amides is 1. The lowest BCUT2D eigenvalue weighted by Crippen LogP contribution is -2.35. The first kappa shape index (κ1) is 21.7. The van der Waals surface area contributed by atoms with Gasteiger partial charge in [0.25, 0.3) is 0 Å². The van der Waals surface area contributed by atoms with Crippen LogP contribution in [0.2, 0.25) is 0 Å². The predicted molar refractivity (Wildman–Crippen MR) is 106 cm³/mol. The molecule has 7 nitrogen and oxygen atoms in total. The van der Waals surface area contributed by atoms with Crippen LogP contribution in [0.4, 0.5) is 0 Å². The number of nitrogens with one attached hydrogen (secondary N) is 1. The monoisotopic (exact) mass is 396 g/mol. The van der Waals surface area contributed by atoms with Gasteiger partial charge in [-0.1, -0.05) is 44.9 Å². The van der Waals surface area contributed by atoms with Crippen LogP contribution in [0.5, 0.6) is 0 Å². The van der Waals surface area contributed by atoms with E-state index in [2.05, 4.69) is 33.9 Å². The van der Waals surface area contributed by atoms with Crippen molar-refractivity contribution in [2.24, 2.45) is 0 Å². The first-order chi connectivity index (χ1) is 13.1. The average molecular weight is 397 g/mol. The molecule has 1 aromatic rings. The number of esters is 1. The quantitative estimate of drug-likeness (QED) is 0.482. The lowest BCUT2D eigenvalue weighted by Gasteiger charge is -2.25. The molecule has 8 heteroatoms. The van der Waals surface area contributed by atoms with Crippen LogP contribution in [0.1, 0.15) is 77.6 Å². The first-order valence-corrected chi connectivity index (χ1v) is 11.1. The SMILES string of the molecule is CCOC(=O)Cc1nnc(SCC(=O)NC(CC)CC)n1C1CCCCC1. The van der Waals surface area contributed by atoms with E-state index in [9.17, 15) is 9.59 Å². The minimum Gasteiger partial charge on any atom is -0.466 e. The maximum absolute atomic E-state index is 12.2. The summed E-state index contributed by atoms with van der Waals surface area (Å²) in [5.74, 6) is 0.674. The first-order valence-electron chi connectivity index (χ1n) is 10.1. The van der Waals surface area contributed by atoms with E-state index in [1.807, 2.05) is 0 Å². The number of carbonyl (C=O) groups excluding carboxylic acids is 2. The van der Waals surface area contributed by atoms with E-state index in [0.717, 1.165) is 30.8 Å². The van der Waals surface area contributed by atoms with Crippen molar-refractivity contribution < 1.29 is 14.3 Å². The largest absolute Gasteiger partial charge is 0.466 e. The molecular weight excluding hydrogens is 364 g/mol. The van der Waals surface area contributed by atoms with E-state index in [0.29, 0.717) is 24.2 Å². The Bertz CT molecular complexity index is 610. The second-order valence-electron chi connectivity index (χ2n) is 6.91. The van der Waals surface area contributed by atoms with Crippen molar-refractivity contribution in [2.75, 3.05) is 12.4 Å². The second kappa shape index (κ2) is 11.3. The summed E-state index contributed by atoms with van der Waals surface area (Å²) in [5, 5.41) is 12.3. The second-order valence-corrected chi connectivity index (χ2v) is 7.85. The van der Waals surface area contributed by atoms with Gasteiger partial charge in [0, 0.05) is 12.1 Å². The smallest absolute Gasteiger partial charge is 0.313 e. The maximum atomic E-state index is 12.2. The van der Waals surface area contributed by atoms with E-state index in [1.165, 1.54) is 31.0 Å². The highest BCUT2D eigenvalue weighted by molar-refractivity contribution is 7.99. The fourth-order valence-corrected chi connectivity index (χ4v) is 4.30. The fraction of sp³-hybridized carbons (Fsp3) is 0.789. The number of hydrogen-bond donors (Lipinski definition) is 1. The molecule has 2 rings (SSSR count). The zero-order valence-corrected chi connectivity index (χ0v) is 17.5. The molecule has 1 aromatic heterocycles. The highest BCUT2D eigenvalue weighted by Gasteiger charge is 2.25. The van der Waals surface area contributed by atoms with E-state index in [-0.39, 0.29) is 24.3 Å². The van der Waals surface area contributed by atoms with Crippen molar-refractivity contribution in [3.63, 3.8) is 0 Å². The van der Waals surface area contributed by atoms with Gasteiger partial charge in [-0.05, 0) is 32.6 Å². The van der Waals surface area contributed by atoms with Crippen LogP contribution in [-0.2, 0) is 20.7 Å². The van der Waals surface area contributed by atoms with Crippen LogP contribution in [0, 0.1) is 0 Å². The molecule has 27 heavy (non-hydrogen) atoms. The Morgan fingerprint density at radius 1 is 1.19 bits per heavy atom. The summed E-state index contributed by atoms with van der Waals surface area (Å²) in [4.78, 5) is 24.2. The van der Waals surface area contributed by atoms with Crippen molar-refractivity contribution in [3.05, 3.63) is 5.82 Å². The lowest BCUT2D eigenvalue weighted by molar-refractivity contribution is -0.142. The molecular formula is C19H32N4O3S. The van der Waals surface area contributed by atoms with Gasteiger partial charge in [-0.15, -0.1) is 10.2 Å². The van der Waals surface area contributed by atoms with Crippen molar-refractivity contribution in [1.82, 2.24) is 20.1 Å². The standard InChI is InChI=1S/C19H32N4O3S/c1-4-14(5-2)20-17(24)13-27-19-22-21-16(12-18(25)26-6-3)23(19)15-10-8-7-9-11-15/h14-15H,4-13H2,1-3H3,(H,20,24). The van der Waals surface area contributed by atoms with Crippen molar-refractivity contribution in [3.8, 4) is 0 Å². The van der Waals surface area contributed by atoms with Crippen LogP contribution in [-0.4, -0.2) is 45.0 Å². The lowest BCUT2D eigenvalue weighted by atomic mass is 9.95. The number of hydrogen-bond acceptors (Lipinski definition) is 6. The van der Waals surface area contributed by atoms with Crippen LogP contribution >= 0.6 is 11.8 Å². The van der Waals surface area contributed by atoms with Crippen molar-refractivity contribution in [1.29, 1.82) is 0 Å². The Balaban J connectivity index is 2.08. The third-order valence-corrected chi connectivity index (χ3v) is 5.91. The Morgan fingerprint density at radius 2 is 1.89 bits per heavy atom. The molecule has 0 saturated heterocycles. The molecule has 1 saturated carbocycles. The van der Waals surface area contributed by atoms with E-state index >= 15 is 0 Å². The number of nitrogens with zero attached hydrogens (tertiary/aromatic N) is 3. The van der Waals surface area contributed by atoms with E-state index in [1.54, 1.807) is 6.92 Å². The van der Waals surface area contributed by atoms with Gasteiger partial charge in [0.05, 0.1) is 12.4 Å². The summed E-state index contributed by atoms with van der Waals surface area (Å²) < 4.78 is 7.15. The molecule has 1 amide bonds. The Kier molecular flexibility index (Phi) is 9.10. The summed E-state index contributed by atoms with van der Waals surface area (Å²) in [6.45, 7) is 6.30. The molecule has 0 bridgehead atoms. The topological polar surface area (TPSA) is 86.1 Å². The van der Waals surface area contributed by atoms with Gasteiger partial charge in [0.2, 0.25) is 5.91 Å². The molecule has 0 spiro atoms. The Morgan fingerprint density at radius 3 is 2.52 bits per heavy atom. The van der Waals surface area contributed by atoms with E-state index in [4.69, 9.17) is 4.74 Å². The molecule has 1 aliphatic rings. The van der Waals surface area contributed by atoms with Crippen molar-refractivity contribution in [2.45, 2.75) is 89.4 Å². The third kappa shape index (κ3) is 6.52. The van der Waals surface area contributed by atoms with Gasteiger partial charge < -0.3 is 14.6 Å². The number of thioether (sulfide) groups is 1. The Labute approximate surface area is 166 Å². The third-order valence-electron chi connectivity index (χ3n) is 4.97. The summed E-state index contributed by atoms with van der Waals surface area (Å²) in [6, 6.07) is 0.511. The molecule has 0 atom stereocenters. The summed E-state index contributed by atoms with van der Waals surface area (Å²) in [6.07, 6.45) is 7.67. The van der Waals surface area contributed by atoms with Gasteiger partial charge in [-0.25, -0.2) is 0 Å². The normalized spacial score (nSPS) is 15.1. The zero-order chi connectivity index (χ0) is 19.6. The van der Waals surface area contributed by atoms with Crippen LogP contribution in [0.25, 0.3) is 0 Å². The predicted octanol–water partition coefficient (Wildman–Crippen LogP) is 3.29. The fourth-order valence-electron chi connectivity index (χ4n) is 3.47. The molecule has 1 aliphatic carbocycles. The summed E-state index contributed by atoms with van der Waals surface area (Å²) in [7, 11) is 0. The van der Waals surface area contributed by atoms with Crippen molar-refractivity contribution >= 4 is 23.6 Å². The minimum atomic E-state index is -0.287. The van der Waals surface area contributed by atoms with Crippen LogP contribution in [0.3, 0.4) is 0 Å². The zero-order valence-electron chi connectivity index (χ0n) is 16.7. The molecule has 1 heterocycles. The number of ether oxygens (including phenoxy) is 1. The minimum absolute atomic E-state index is 0.0128. The molecule has 0 radical (unpaired) electrons. The molecule has 0 aromatic carbocycles. The number of aromatic nitrogens is 3. The molecule has 0 aliphatic heterocycles.